The van der Waals surface area contributed by atoms with Crippen molar-refractivity contribution in [3.05, 3.63) is 57.3 Å². The molecule has 0 saturated heterocycles. The molecule has 2 aromatic carbocycles. The van der Waals surface area contributed by atoms with Gasteiger partial charge >= 0.3 is 0 Å². The Morgan fingerprint density at radius 3 is 2.81 bits per heavy atom. The summed E-state index contributed by atoms with van der Waals surface area (Å²) < 4.78 is 20.5. The van der Waals surface area contributed by atoms with Crippen molar-refractivity contribution in [1.29, 1.82) is 0 Å². The van der Waals surface area contributed by atoms with Crippen LogP contribution in [-0.4, -0.2) is 6.04 Å². The van der Waals surface area contributed by atoms with Crippen LogP contribution in [0.1, 0.15) is 18.4 Å². The highest BCUT2D eigenvalue weighted by Crippen LogP contribution is 2.35. The fourth-order valence-electron chi connectivity index (χ4n) is 2.02. The Morgan fingerprint density at radius 1 is 1.29 bits per heavy atom. The van der Waals surface area contributed by atoms with Crippen molar-refractivity contribution in [3.8, 4) is 11.5 Å². The minimum atomic E-state index is -0.369. The van der Waals surface area contributed by atoms with Crippen molar-refractivity contribution in [2.24, 2.45) is 0 Å². The fraction of sp³-hybridized carbons (Fsp3) is 0.250. The minimum absolute atomic E-state index is 0.258. The number of para-hydroxylation sites is 1. The maximum atomic E-state index is 14.1. The monoisotopic (exact) mass is 369 g/mol. The first kappa shape index (κ1) is 14.8. The average Bonchev–Trinajstić information content (AvgIpc) is 3.26. The number of rotatable bonds is 5. The second-order valence-electron chi connectivity index (χ2n) is 5.06. The van der Waals surface area contributed by atoms with Crippen LogP contribution in [0.4, 0.5) is 4.39 Å². The fourth-order valence-corrected chi connectivity index (χ4v) is 2.78. The van der Waals surface area contributed by atoms with Crippen molar-refractivity contribution in [3.63, 3.8) is 0 Å². The topological polar surface area (TPSA) is 21.3 Å². The van der Waals surface area contributed by atoms with E-state index >= 15 is 0 Å². The second-order valence-corrected chi connectivity index (χ2v) is 6.35. The number of hydrogen-bond donors (Lipinski definition) is 1. The normalized spacial score (nSPS) is 14.2. The van der Waals surface area contributed by atoms with Gasteiger partial charge in [0.2, 0.25) is 0 Å². The molecule has 0 spiro atoms. The molecule has 0 amide bonds. The van der Waals surface area contributed by atoms with E-state index in [2.05, 4.69) is 21.2 Å². The van der Waals surface area contributed by atoms with Gasteiger partial charge in [-0.25, -0.2) is 4.39 Å². The van der Waals surface area contributed by atoms with Gasteiger partial charge in [0.25, 0.3) is 0 Å². The maximum Gasteiger partial charge on any atom is 0.167 e. The quantitative estimate of drug-likeness (QED) is 0.772. The van der Waals surface area contributed by atoms with Crippen LogP contribution in [0.25, 0.3) is 0 Å². The predicted molar refractivity (Wildman–Crippen MR) is 85.5 cm³/mol. The van der Waals surface area contributed by atoms with Gasteiger partial charge < -0.3 is 10.1 Å². The van der Waals surface area contributed by atoms with Crippen LogP contribution in [0.2, 0.25) is 5.02 Å². The van der Waals surface area contributed by atoms with E-state index in [9.17, 15) is 4.39 Å². The number of ether oxygens (including phenoxy) is 1. The SMILES string of the molecule is Fc1cccc(CNC2CC2)c1Oc1ccc(Cl)cc1Br. The smallest absolute Gasteiger partial charge is 0.167 e. The Morgan fingerprint density at radius 2 is 2.10 bits per heavy atom. The highest BCUT2D eigenvalue weighted by Gasteiger charge is 2.21. The third-order valence-corrected chi connectivity index (χ3v) is 4.17. The minimum Gasteiger partial charge on any atom is -0.453 e. The molecule has 0 aromatic heterocycles. The zero-order chi connectivity index (χ0) is 14.8. The van der Waals surface area contributed by atoms with Crippen molar-refractivity contribution < 1.29 is 9.13 Å². The molecule has 0 unspecified atom stereocenters. The summed E-state index contributed by atoms with van der Waals surface area (Å²) in [5, 5.41) is 3.97. The summed E-state index contributed by atoms with van der Waals surface area (Å²) >= 11 is 9.28. The van der Waals surface area contributed by atoms with E-state index < -0.39 is 0 Å². The lowest BCUT2D eigenvalue weighted by atomic mass is 10.2. The molecular weight excluding hydrogens is 357 g/mol. The molecule has 110 valence electrons. The van der Waals surface area contributed by atoms with E-state index in [0.717, 1.165) is 5.56 Å². The first-order chi connectivity index (χ1) is 10.1. The summed E-state index contributed by atoms with van der Waals surface area (Å²) in [6.07, 6.45) is 2.38. The molecule has 1 aliphatic rings. The van der Waals surface area contributed by atoms with E-state index in [1.165, 1.54) is 18.9 Å². The first-order valence-electron chi connectivity index (χ1n) is 6.77. The van der Waals surface area contributed by atoms with Crippen LogP contribution in [0.3, 0.4) is 0 Å². The van der Waals surface area contributed by atoms with E-state index in [1.54, 1.807) is 24.3 Å². The number of hydrogen-bond acceptors (Lipinski definition) is 2. The molecule has 0 heterocycles. The Balaban J connectivity index is 1.85. The zero-order valence-electron chi connectivity index (χ0n) is 11.2. The largest absolute Gasteiger partial charge is 0.453 e. The summed E-state index contributed by atoms with van der Waals surface area (Å²) in [6.45, 7) is 0.600. The van der Waals surface area contributed by atoms with E-state index in [1.807, 2.05) is 6.07 Å². The van der Waals surface area contributed by atoms with E-state index in [0.29, 0.717) is 27.8 Å². The van der Waals surface area contributed by atoms with Gasteiger partial charge in [-0.15, -0.1) is 0 Å². The molecule has 1 saturated carbocycles. The van der Waals surface area contributed by atoms with Crippen LogP contribution in [0, 0.1) is 5.82 Å². The standard InChI is InChI=1S/C16H14BrClFNO/c17-13-8-11(18)4-7-15(13)21-16-10(2-1-3-14(16)19)9-20-12-5-6-12/h1-4,7-8,12,20H,5-6,9H2. The number of nitrogens with one attached hydrogen (secondary N) is 1. The first-order valence-corrected chi connectivity index (χ1v) is 7.94. The van der Waals surface area contributed by atoms with Crippen molar-refractivity contribution in [2.45, 2.75) is 25.4 Å². The van der Waals surface area contributed by atoms with Crippen LogP contribution in [-0.2, 0) is 6.54 Å². The van der Waals surface area contributed by atoms with E-state index in [-0.39, 0.29) is 11.6 Å². The third kappa shape index (κ3) is 3.76. The summed E-state index contributed by atoms with van der Waals surface area (Å²) in [5.41, 5.74) is 0.809. The van der Waals surface area contributed by atoms with Crippen LogP contribution >= 0.6 is 27.5 Å². The third-order valence-electron chi connectivity index (χ3n) is 3.31. The summed E-state index contributed by atoms with van der Waals surface area (Å²) in [4.78, 5) is 0. The lowest BCUT2D eigenvalue weighted by molar-refractivity contribution is 0.431. The Kier molecular flexibility index (Phi) is 4.48. The molecule has 1 N–H and O–H groups in total. The van der Waals surface area contributed by atoms with E-state index in [4.69, 9.17) is 16.3 Å². The molecule has 2 aromatic rings. The molecule has 0 atom stereocenters. The highest BCUT2D eigenvalue weighted by molar-refractivity contribution is 9.10. The molecule has 1 aliphatic carbocycles. The lowest BCUT2D eigenvalue weighted by Gasteiger charge is -2.14. The van der Waals surface area contributed by atoms with Crippen LogP contribution in [0.15, 0.2) is 40.9 Å². The van der Waals surface area contributed by atoms with Crippen molar-refractivity contribution in [2.75, 3.05) is 0 Å². The predicted octanol–water partition coefficient (Wildman–Crippen LogP) is 5.29. The molecule has 0 aliphatic heterocycles. The van der Waals surface area contributed by atoms with Gasteiger partial charge in [0.1, 0.15) is 5.75 Å². The lowest BCUT2D eigenvalue weighted by Crippen LogP contribution is -2.16. The molecular formula is C16H14BrClFNO. The summed E-state index contributed by atoms with van der Waals surface area (Å²) in [7, 11) is 0. The molecule has 5 heteroatoms. The Bertz CT molecular complexity index is 661. The van der Waals surface area contributed by atoms with Gasteiger partial charge in [0, 0.05) is 23.2 Å². The van der Waals surface area contributed by atoms with Gasteiger partial charge in [-0.2, -0.15) is 0 Å². The van der Waals surface area contributed by atoms with Gasteiger partial charge in [-0.1, -0.05) is 23.7 Å². The number of halogens is 3. The molecule has 0 radical (unpaired) electrons. The number of benzene rings is 2. The Labute approximate surface area is 136 Å². The molecule has 1 fully saturated rings. The molecule has 21 heavy (non-hydrogen) atoms. The highest BCUT2D eigenvalue weighted by atomic mass is 79.9. The van der Waals surface area contributed by atoms with Crippen LogP contribution in [0.5, 0.6) is 11.5 Å². The maximum absolute atomic E-state index is 14.1. The van der Waals surface area contributed by atoms with Gasteiger partial charge in [0.15, 0.2) is 11.6 Å². The van der Waals surface area contributed by atoms with Gasteiger partial charge in [-0.3, -0.25) is 0 Å². The van der Waals surface area contributed by atoms with Crippen LogP contribution < -0.4 is 10.1 Å². The van der Waals surface area contributed by atoms with Crippen molar-refractivity contribution >= 4 is 27.5 Å². The average molecular weight is 371 g/mol. The summed E-state index contributed by atoms with van der Waals surface area (Å²) in [6, 6.07) is 10.7. The molecule has 3 rings (SSSR count). The second kappa shape index (κ2) is 6.34. The Hall–Kier alpha value is -1.10. The zero-order valence-corrected chi connectivity index (χ0v) is 13.5. The van der Waals surface area contributed by atoms with Gasteiger partial charge in [0.05, 0.1) is 4.47 Å². The van der Waals surface area contributed by atoms with Crippen molar-refractivity contribution in [1.82, 2.24) is 5.32 Å². The summed E-state index contributed by atoms with van der Waals surface area (Å²) in [5.74, 6) is 0.429. The molecule has 2 nitrogen and oxygen atoms in total. The molecule has 0 bridgehead atoms. The van der Waals surface area contributed by atoms with Gasteiger partial charge in [-0.05, 0) is 53.0 Å².